The van der Waals surface area contributed by atoms with Crippen LogP contribution in [0.5, 0.6) is 0 Å². The van der Waals surface area contributed by atoms with Gasteiger partial charge in [0.2, 0.25) is 0 Å². The number of methoxy groups -OCH3 is 1. The van der Waals surface area contributed by atoms with Crippen molar-refractivity contribution in [1.29, 1.82) is 0 Å². The SMILES string of the molecule is COCCOCCOCCNc1cc(C)ccc1Cl. The Hall–Kier alpha value is -0.810. The predicted octanol–water partition coefficient (Wildman–Crippen LogP) is 2.74. The van der Waals surface area contributed by atoms with E-state index < -0.39 is 0 Å². The van der Waals surface area contributed by atoms with E-state index in [0.717, 1.165) is 17.3 Å². The molecule has 1 N–H and O–H groups in total. The minimum Gasteiger partial charge on any atom is -0.382 e. The maximum absolute atomic E-state index is 6.07. The average Bonchev–Trinajstić information content (AvgIpc) is 2.40. The summed E-state index contributed by atoms with van der Waals surface area (Å²) in [5.74, 6) is 0. The van der Waals surface area contributed by atoms with E-state index in [1.165, 1.54) is 5.56 Å². The molecule has 1 rings (SSSR count). The molecule has 0 heterocycles. The van der Waals surface area contributed by atoms with Crippen LogP contribution in [0.1, 0.15) is 5.56 Å². The Bertz CT molecular complexity index is 361. The second-order valence-electron chi connectivity index (χ2n) is 4.13. The van der Waals surface area contributed by atoms with E-state index in [1.807, 2.05) is 25.1 Å². The van der Waals surface area contributed by atoms with Crippen LogP contribution in [0, 0.1) is 6.92 Å². The zero-order valence-electron chi connectivity index (χ0n) is 11.6. The molecular formula is C14H22ClNO3. The number of aryl methyl sites for hydroxylation is 1. The predicted molar refractivity (Wildman–Crippen MR) is 78.2 cm³/mol. The maximum Gasteiger partial charge on any atom is 0.0701 e. The van der Waals surface area contributed by atoms with Crippen molar-refractivity contribution in [2.24, 2.45) is 0 Å². The van der Waals surface area contributed by atoms with E-state index in [9.17, 15) is 0 Å². The molecule has 0 spiro atoms. The number of benzene rings is 1. The number of hydrogen-bond donors (Lipinski definition) is 1. The van der Waals surface area contributed by atoms with E-state index in [0.29, 0.717) is 33.0 Å². The van der Waals surface area contributed by atoms with Crippen molar-refractivity contribution in [2.45, 2.75) is 6.92 Å². The Kier molecular flexibility index (Phi) is 8.58. The van der Waals surface area contributed by atoms with Gasteiger partial charge in [-0.25, -0.2) is 0 Å². The average molecular weight is 288 g/mol. The van der Waals surface area contributed by atoms with Gasteiger partial charge in [-0.05, 0) is 24.6 Å². The van der Waals surface area contributed by atoms with Crippen LogP contribution in [0.15, 0.2) is 18.2 Å². The molecule has 0 radical (unpaired) electrons. The molecule has 108 valence electrons. The third kappa shape index (κ3) is 7.38. The van der Waals surface area contributed by atoms with E-state index in [1.54, 1.807) is 7.11 Å². The molecule has 0 fully saturated rings. The molecular weight excluding hydrogens is 266 g/mol. The van der Waals surface area contributed by atoms with Gasteiger partial charge < -0.3 is 19.5 Å². The Morgan fingerprint density at radius 1 is 1.05 bits per heavy atom. The third-order valence-electron chi connectivity index (χ3n) is 2.49. The van der Waals surface area contributed by atoms with Gasteiger partial charge in [0, 0.05) is 13.7 Å². The first-order valence-corrected chi connectivity index (χ1v) is 6.76. The Labute approximate surface area is 120 Å². The fourth-order valence-electron chi connectivity index (χ4n) is 1.50. The van der Waals surface area contributed by atoms with Crippen LogP contribution in [0.25, 0.3) is 0 Å². The highest BCUT2D eigenvalue weighted by molar-refractivity contribution is 6.33. The largest absolute Gasteiger partial charge is 0.382 e. The molecule has 0 aliphatic rings. The van der Waals surface area contributed by atoms with Gasteiger partial charge in [-0.3, -0.25) is 0 Å². The summed E-state index contributed by atoms with van der Waals surface area (Å²) in [4.78, 5) is 0. The van der Waals surface area contributed by atoms with Gasteiger partial charge in [-0.1, -0.05) is 17.7 Å². The molecule has 4 nitrogen and oxygen atoms in total. The van der Waals surface area contributed by atoms with Gasteiger partial charge in [0.15, 0.2) is 0 Å². The first-order chi connectivity index (χ1) is 9.24. The quantitative estimate of drug-likeness (QED) is 0.672. The van der Waals surface area contributed by atoms with E-state index >= 15 is 0 Å². The molecule has 0 saturated carbocycles. The first kappa shape index (κ1) is 16.2. The summed E-state index contributed by atoms with van der Waals surface area (Å²) >= 11 is 6.07. The van der Waals surface area contributed by atoms with Crippen LogP contribution in [-0.2, 0) is 14.2 Å². The van der Waals surface area contributed by atoms with Gasteiger partial charge in [0.25, 0.3) is 0 Å². The van der Waals surface area contributed by atoms with Crippen molar-refractivity contribution < 1.29 is 14.2 Å². The summed E-state index contributed by atoms with van der Waals surface area (Å²) < 4.78 is 15.6. The van der Waals surface area contributed by atoms with Crippen molar-refractivity contribution in [3.63, 3.8) is 0 Å². The standard InChI is InChI=1S/C14H22ClNO3/c1-12-3-4-13(15)14(11-12)16-5-6-18-9-10-19-8-7-17-2/h3-4,11,16H,5-10H2,1-2H3. The monoisotopic (exact) mass is 287 g/mol. The van der Waals surface area contributed by atoms with Crippen molar-refractivity contribution in [3.05, 3.63) is 28.8 Å². The molecule has 19 heavy (non-hydrogen) atoms. The number of nitrogens with one attached hydrogen (secondary N) is 1. The number of anilines is 1. The molecule has 0 aliphatic carbocycles. The number of hydrogen-bond acceptors (Lipinski definition) is 4. The zero-order chi connectivity index (χ0) is 13.9. The summed E-state index contributed by atoms with van der Waals surface area (Å²) in [5.41, 5.74) is 2.13. The third-order valence-corrected chi connectivity index (χ3v) is 2.82. The molecule has 1 aromatic carbocycles. The van der Waals surface area contributed by atoms with Crippen molar-refractivity contribution in [3.8, 4) is 0 Å². The van der Waals surface area contributed by atoms with Crippen molar-refractivity contribution in [1.82, 2.24) is 0 Å². The highest BCUT2D eigenvalue weighted by Gasteiger charge is 1.99. The highest BCUT2D eigenvalue weighted by Crippen LogP contribution is 2.22. The van der Waals surface area contributed by atoms with Gasteiger partial charge in [-0.2, -0.15) is 0 Å². The minimum absolute atomic E-state index is 0.590. The van der Waals surface area contributed by atoms with Gasteiger partial charge in [0.05, 0.1) is 43.7 Å². The van der Waals surface area contributed by atoms with Crippen LogP contribution in [0.2, 0.25) is 5.02 Å². The lowest BCUT2D eigenvalue weighted by Crippen LogP contribution is -2.13. The van der Waals surface area contributed by atoms with E-state index in [-0.39, 0.29) is 0 Å². The van der Waals surface area contributed by atoms with Gasteiger partial charge in [-0.15, -0.1) is 0 Å². The van der Waals surface area contributed by atoms with Crippen LogP contribution in [0.3, 0.4) is 0 Å². The van der Waals surface area contributed by atoms with Crippen LogP contribution in [-0.4, -0.2) is 46.7 Å². The second-order valence-corrected chi connectivity index (χ2v) is 4.53. The molecule has 0 unspecified atom stereocenters. The molecule has 0 aliphatic heterocycles. The van der Waals surface area contributed by atoms with Crippen molar-refractivity contribution >= 4 is 17.3 Å². The van der Waals surface area contributed by atoms with Crippen LogP contribution in [0.4, 0.5) is 5.69 Å². The molecule has 0 saturated heterocycles. The van der Waals surface area contributed by atoms with Gasteiger partial charge >= 0.3 is 0 Å². The normalized spacial score (nSPS) is 10.7. The lowest BCUT2D eigenvalue weighted by molar-refractivity contribution is 0.0272. The smallest absolute Gasteiger partial charge is 0.0701 e. The summed E-state index contributed by atoms with van der Waals surface area (Å²) in [6.07, 6.45) is 0. The zero-order valence-corrected chi connectivity index (χ0v) is 12.3. The summed E-state index contributed by atoms with van der Waals surface area (Å²) in [6, 6.07) is 5.90. The summed E-state index contributed by atoms with van der Waals surface area (Å²) in [6.45, 7) is 5.79. The fraction of sp³-hybridized carbons (Fsp3) is 0.571. The highest BCUT2D eigenvalue weighted by atomic mass is 35.5. The fourth-order valence-corrected chi connectivity index (χ4v) is 1.68. The van der Waals surface area contributed by atoms with E-state index in [4.69, 9.17) is 25.8 Å². The minimum atomic E-state index is 0.590. The van der Waals surface area contributed by atoms with Gasteiger partial charge in [0.1, 0.15) is 0 Å². The Morgan fingerprint density at radius 2 is 1.74 bits per heavy atom. The number of halogens is 1. The van der Waals surface area contributed by atoms with Crippen LogP contribution < -0.4 is 5.32 Å². The number of rotatable bonds is 10. The summed E-state index contributed by atoms with van der Waals surface area (Å²) in [7, 11) is 1.65. The second kappa shape index (κ2) is 10.0. The molecule has 0 aromatic heterocycles. The lowest BCUT2D eigenvalue weighted by Gasteiger charge is -2.10. The van der Waals surface area contributed by atoms with Crippen molar-refractivity contribution in [2.75, 3.05) is 52.0 Å². The topological polar surface area (TPSA) is 39.7 Å². The Morgan fingerprint density at radius 3 is 2.47 bits per heavy atom. The van der Waals surface area contributed by atoms with Crippen LogP contribution >= 0.6 is 11.6 Å². The molecule has 0 atom stereocenters. The molecule has 0 amide bonds. The first-order valence-electron chi connectivity index (χ1n) is 6.38. The lowest BCUT2D eigenvalue weighted by atomic mass is 10.2. The summed E-state index contributed by atoms with van der Waals surface area (Å²) in [5, 5.41) is 3.98. The Balaban J connectivity index is 2.03. The van der Waals surface area contributed by atoms with E-state index in [2.05, 4.69) is 5.32 Å². The molecule has 5 heteroatoms. The maximum atomic E-state index is 6.07. The molecule has 0 bridgehead atoms. The number of ether oxygens (including phenoxy) is 3. The molecule has 1 aromatic rings.